The van der Waals surface area contributed by atoms with Gasteiger partial charge in [0.15, 0.2) is 0 Å². The minimum absolute atomic E-state index is 0.274. The van der Waals surface area contributed by atoms with Crippen LogP contribution in [0.4, 0.5) is 16.4 Å². The van der Waals surface area contributed by atoms with Crippen LogP contribution in [0, 0.1) is 0 Å². The molecule has 0 atom stereocenters. The van der Waals surface area contributed by atoms with E-state index in [0.717, 1.165) is 19.9 Å². The van der Waals surface area contributed by atoms with Crippen LogP contribution in [0.25, 0.3) is 22.1 Å². The molecule has 8 heteroatoms. The number of hydrogen-bond donors (Lipinski definition) is 2. The molecule has 0 radical (unpaired) electrons. The highest BCUT2D eigenvalue weighted by atomic mass is 79.9. The van der Waals surface area contributed by atoms with E-state index in [2.05, 4.69) is 42.5 Å². The van der Waals surface area contributed by atoms with Crippen LogP contribution in [0.15, 0.2) is 74.0 Å². The average Bonchev–Trinajstić information content (AvgIpc) is 3.02. The first-order valence-electron chi connectivity index (χ1n) is 8.43. The normalized spacial score (nSPS) is 10.9. The molecule has 0 saturated heterocycles. The summed E-state index contributed by atoms with van der Waals surface area (Å²) in [7, 11) is 0. The first kappa shape index (κ1) is 20.3. The summed E-state index contributed by atoms with van der Waals surface area (Å²) < 4.78 is 7.40. The van der Waals surface area contributed by atoms with Gasteiger partial charge < -0.3 is 9.73 Å². The molecule has 146 valence electrons. The molecule has 0 saturated carbocycles. The highest BCUT2D eigenvalue weighted by Gasteiger charge is 2.21. The van der Waals surface area contributed by atoms with Crippen molar-refractivity contribution in [1.82, 2.24) is 0 Å². The van der Waals surface area contributed by atoms with E-state index < -0.39 is 6.03 Å². The van der Waals surface area contributed by atoms with Crippen molar-refractivity contribution in [2.24, 2.45) is 0 Å². The number of urea groups is 1. The number of amides is 2. The summed E-state index contributed by atoms with van der Waals surface area (Å²) in [5, 5.41) is 7.44. The fourth-order valence-electron chi connectivity index (χ4n) is 2.95. The number of carbonyl (C=O) groups is 1. The van der Waals surface area contributed by atoms with Crippen molar-refractivity contribution in [2.75, 3.05) is 10.6 Å². The predicted molar refractivity (Wildman–Crippen MR) is 126 cm³/mol. The Morgan fingerprint density at radius 1 is 0.897 bits per heavy atom. The number of para-hydroxylation sites is 1. The third-order valence-electron chi connectivity index (χ3n) is 4.22. The molecule has 4 aromatic rings. The van der Waals surface area contributed by atoms with E-state index in [1.165, 1.54) is 0 Å². The standard InChI is InChI=1S/C21H12Br2Cl2N2O2/c22-14-5-3-6-15(23)19(14)26-21(28)27-20-18(12-4-1-2-7-16(12)25)13-10-11(24)8-9-17(13)29-20/h1-10H,(H2,26,27,28). The number of furan rings is 1. The molecular formula is C21H12Br2Cl2N2O2. The number of fused-ring (bicyclic) bond motifs is 1. The van der Waals surface area contributed by atoms with Gasteiger partial charge in [0, 0.05) is 29.9 Å². The number of carbonyl (C=O) groups excluding carboxylic acids is 1. The zero-order valence-electron chi connectivity index (χ0n) is 14.6. The van der Waals surface area contributed by atoms with Gasteiger partial charge in [0.25, 0.3) is 0 Å². The molecular weight excluding hydrogens is 543 g/mol. The highest BCUT2D eigenvalue weighted by Crippen LogP contribution is 2.42. The second-order valence-corrected chi connectivity index (χ2v) is 8.65. The summed E-state index contributed by atoms with van der Waals surface area (Å²) in [6.45, 7) is 0. The zero-order chi connectivity index (χ0) is 20.5. The Morgan fingerprint density at radius 2 is 1.62 bits per heavy atom. The number of rotatable bonds is 3. The summed E-state index contributed by atoms with van der Waals surface area (Å²) in [5.74, 6) is 0.274. The summed E-state index contributed by atoms with van der Waals surface area (Å²) in [4.78, 5) is 12.7. The SMILES string of the molecule is O=C(Nc1oc2ccc(Cl)cc2c1-c1ccccc1Cl)Nc1c(Br)cccc1Br. The van der Waals surface area contributed by atoms with Crippen LogP contribution in [-0.2, 0) is 0 Å². The molecule has 0 aliphatic heterocycles. The molecule has 1 aromatic heterocycles. The van der Waals surface area contributed by atoms with Crippen molar-refractivity contribution in [3.8, 4) is 11.1 Å². The Morgan fingerprint density at radius 3 is 2.34 bits per heavy atom. The molecule has 0 unspecified atom stereocenters. The van der Waals surface area contributed by atoms with Gasteiger partial charge in [-0.25, -0.2) is 4.79 Å². The molecule has 1 heterocycles. The highest BCUT2D eigenvalue weighted by molar-refractivity contribution is 9.11. The Balaban J connectivity index is 1.77. The molecule has 0 bridgehead atoms. The lowest BCUT2D eigenvalue weighted by Crippen LogP contribution is -2.20. The second kappa shape index (κ2) is 8.40. The molecule has 0 spiro atoms. The first-order valence-corrected chi connectivity index (χ1v) is 10.8. The van der Waals surface area contributed by atoms with Crippen molar-refractivity contribution >= 4 is 83.6 Å². The number of anilines is 2. The minimum Gasteiger partial charge on any atom is -0.440 e. The zero-order valence-corrected chi connectivity index (χ0v) is 19.3. The molecule has 4 rings (SSSR count). The molecule has 0 aliphatic rings. The van der Waals surface area contributed by atoms with Gasteiger partial charge in [-0.05, 0) is 68.3 Å². The second-order valence-electron chi connectivity index (χ2n) is 6.10. The van der Waals surface area contributed by atoms with E-state index in [1.807, 2.05) is 36.4 Å². The van der Waals surface area contributed by atoms with Crippen LogP contribution < -0.4 is 10.6 Å². The number of nitrogens with one attached hydrogen (secondary N) is 2. The topological polar surface area (TPSA) is 54.3 Å². The van der Waals surface area contributed by atoms with Crippen molar-refractivity contribution in [2.45, 2.75) is 0 Å². The van der Waals surface area contributed by atoms with Gasteiger partial charge in [-0.3, -0.25) is 5.32 Å². The minimum atomic E-state index is -0.462. The number of hydrogen-bond acceptors (Lipinski definition) is 2. The smallest absolute Gasteiger partial charge is 0.326 e. The third-order valence-corrected chi connectivity index (χ3v) is 6.11. The maximum absolute atomic E-state index is 12.7. The Bertz CT molecular complexity index is 1220. The number of halogens is 4. The molecule has 2 N–H and O–H groups in total. The maximum atomic E-state index is 12.7. The van der Waals surface area contributed by atoms with E-state index in [1.54, 1.807) is 24.3 Å². The molecule has 0 aliphatic carbocycles. The predicted octanol–water partition coefficient (Wildman–Crippen LogP) is 8.58. The van der Waals surface area contributed by atoms with Crippen molar-refractivity contribution in [1.29, 1.82) is 0 Å². The van der Waals surface area contributed by atoms with Gasteiger partial charge in [-0.1, -0.05) is 47.5 Å². The van der Waals surface area contributed by atoms with Crippen molar-refractivity contribution in [3.63, 3.8) is 0 Å². The Hall–Kier alpha value is -1.99. The number of benzene rings is 3. The molecule has 0 fully saturated rings. The van der Waals surface area contributed by atoms with Gasteiger partial charge in [-0.2, -0.15) is 0 Å². The lowest BCUT2D eigenvalue weighted by molar-refractivity contribution is 0.261. The van der Waals surface area contributed by atoms with Crippen LogP contribution in [0.5, 0.6) is 0 Å². The average molecular weight is 555 g/mol. The fraction of sp³-hybridized carbons (Fsp3) is 0. The monoisotopic (exact) mass is 552 g/mol. The van der Waals surface area contributed by atoms with Gasteiger partial charge in [0.05, 0.1) is 11.3 Å². The fourth-order valence-corrected chi connectivity index (χ4v) is 4.55. The van der Waals surface area contributed by atoms with E-state index in [-0.39, 0.29) is 5.88 Å². The van der Waals surface area contributed by atoms with Crippen LogP contribution in [0.2, 0.25) is 10.0 Å². The van der Waals surface area contributed by atoms with Gasteiger partial charge in [0.2, 0.25) is 5.88 Å². The van der Waals surface area contributed by atoms with Gasteiger partial charge >= 0.3 is 6.03 Å². The van der Waals surface area contributed by atoms with Crippen molar-refractivity contribution < 1.29 is 9.21 Å². The summed E-state index contributed by atoms with van der Waals surface area (Å²) >= 11 is 19.5. The van der Waals surface area contributed by atoms with Crippen molar-refractivity contribution in [3.05, 3.63) is 79.7 Å². The van der Waals surface area contributed by atoms with E-state index in [0.29, 0.717) is 26.9 Å². The summed E-state index contributed by atoms with van der Waals surface area (Å²) in [6.07, 6.45) is 0. The largest absolute Gasteiger partial charge is 0.440 e. The Labute approximate surface area is 193 Å². The summed E-state index contributed by atoms with van der Waals surface area (Å²) in [6, 6.07) is 17.7. The molecule has 2 amide bonds. The third kappa shape index (κ3) is 4.16. The van der Waals surface area contributed by atoms with E-state index >= 15 is 0 Å². The first-order chi connectivity index (χ1) is 13.9. The van der Waals surface area contributed by atoms with Crippen LogP contribution >= 0.6 is 55.1 Å². The molecule has 29 heavy (non-hydrogen) atoms. The van der Waals surface area contributed by atoms with Gasteiger partial charge in [0.1, 0.15) is 5.58 Å². The lowest BCUT2D eigenvalue weighted by atomic mass is 10.0. The Kier molecular flexibility index (Phi) is 5.88. The molecule has 3 aromatic carbocycles. The quantitative estimate of drug-likeness (QED) is 0.266. The van der Waals surface area contributed by atoms with E-state index in [4.69, 9.17) is 27.6 Å². The maximum Gasteiger partial charge on any atom is 0.326 e. The summed E-state index contributed by atoms with van der Waals surface area (Å²) in [5.41, 5.74) is 2.58. The van der Waals surface area contributed by atoms with Crippen LogP contribution in [0.1, 0.15) is 0 Å². The van der Waals surface area contributed by atoms with Gasteiger partial charge in [-0.15, -0.1) is 0 Å². The van der Waals surface area contributed by atoms with Crippen LogP contribution in [0.3, 0.4) is 0 Å². The van der Waals surface area contributed by atoms with Crippen LogP contribution in [-0.4, -0.2) is 6.03 Å². The molecule has 4 nitrogen and oxygen atoms in total. The van der Waals surface area contributed by atoms with E-state index in [9.17, 15) is 4.79 Å². The lowest BCUT2D eigenvalue weighted by Gasteiger charge is -2.11.